The fraction of sp³-hybridized carbons (Fsp3) is 0.143. The van der Waals surface area contributed by atoms with Gasteiger partial charge in [-0.1, -0.05) is 12.1 Å². The van der Waals surface area contributed by atoms with Gasteiger partial charge in [0.2, 0.25) is 0 Å². The lowest BCUT2D eigenvalue weighted by molar-refractivity contribution is -0.137. The molecule has 4 N–H and O–H groups in total. The van der Waals surface area contributed by atoms with Gasteiger partial charge in [-0.05, 0) is 42.8 Å². The second-order valence-corrected chi connectivity index (χ2v) is 6.85. The molecule has 3 rings (SSSR count). The molecule has 0 aliphatic carbocycles. The molecule has 0 atom stereocenters. The number of nitrogen functional groups attached to an aromatic ring is 1. The number of nitrogens with zero attached hydrogens (tertiary/aromatic N) is 3. The number of hydrogen-bond donors (Lipinski definition) is 3. The Balaban J connectivity index is 1.76. The molecule has 32 heavy (non-hydrogen) atoms. The van der Waals surface area contributed by atoms with Crippen molar-refractivity contribution in [1.29, 1.82) is 0 Å². The summed E-state index contributed by atoms with van der Waals surface area (Å²) >= 11 is 0. The molecule has 0 saturated heterocycles. The number of carbonyl (C=O) groups excluding carboxylic acids is 2. The first-order valence-electron chi connectivity index (χ1n) is 9.26. The van der Waals surface area contributed by atoms with Crippen LogP contribution in [0.3, 0.4) is 0 Å². The molecule has 11 heteroatoms. The van der Waals surface area contributed by atoms with Crippen molar-refractivity contribution >= 4 is 34.9 Å². The summed E-state index contributed by atoms with van der Waals surface area (Å²) in [7, 11) is 1.49. The number of benzene rings is 2. The predicted molar refractivity (Wildman–Crippen MR) is 114 cm³/mol. The predicted octanol–water partition coefficient (Wildman–Crippen LogP) is 4.31. The Kier molecular flexibility index (Phi) is 6.28. The number of alkyl halides is 3. The molecule has 3 aromatic rings. The molecule has 0 aliphatic heterocycles. The first kappa shape index (κ1) is 22.5. The van der Waals surface area contributed by atoms with Crippen LogP contribution in [0.25, 0.3) is 0 Å². The van der Waals surface area contributed by atoms with E-state index in [1.807, 2.05) is 0 Å². The third-order valence-corrected chi connectivity index (χ3v) is 4.51. The molecule has 8 nitrogen and oxygen atoms in total. The normalized spacial score (nSPS) is 11.0. The number of aromatic nitrogens is 2. The van der Waals surface area contributed by atoms with Crippen LogP contribution in [0.4, 0.5) is 41.0 Å². The van der Waals surface area contributed by atoms with Gasteiger partial charge in [-0.15, -0.1) is 0 Å². The summed E-state index contributed by atoms with van der Waals surface area (Å²) in [4.78, 5) is 34.0. The Bertz CT molecular complexity index is 1170. The van der Waals surface area contributed by atoms with Gasteiger partial charge in [0, 0.05) is 30.1 Å². The van der Waals surface area contributed by atoms with Gasteiger partial charge in [-0.2, -0.15) is 13.2 Å². The standard InChI is InChI=1S/C21H19F3N6O2/c1-12-6-7-15(28-19(31)13-4-3-5-14(8-13)21(22,23)24)9-16(12)29-20(32)30(2)18-10-17(25)26-11-27-18/h3-11H,1-2H3,(H,28,31)(H,29,32)(H2,25,26,27). The highest BCUT2D eigenvalue weighted by molar-refractivity contribution is 6.05. The lowest BCUT2D eigenvalue weighted by atomic mass is 10.1. The smallest absolute Gasteiger partial charge is 0.384 e. The molecule has 1 heterocycles. The molecule has 0 bridgehead atoms. The number of hydrogen-bond acceptors (Lipinski definition) is 5. The van der Waals surface area contributed by atoms with Crippen molar-refractivity contribution < 1.29 is 22.8 Å². The number of amides is 3. The Labute approximate surface area is 181 Å². The van der Waals surface area contributed by atoms with Gasteiger partial charge in [0.15, 0.2) is 0 Å². The molecular weight excluding hydrogens is 425 g/mol. The molecule has 1 aromatic heterocycles. The molecule has 2 aromatic carbocycles. The van der Waals surface area contributed by atoms with Crippen LogP contribution in [0.5, 0.6) is 0 Å². The Hall–Kier alpha value is -4.15. The Morgan fingerprint density at radius 2 is 1.78 bits per heavy atom. The van der Waals surface area contributed by atoms with Gasteiger partial charge >= 0.3 is 12.2 Å². The molecular formula is C21H19F3N6O2. The lowest BCUT2D eigenvalue weighted by Gasteiger charge is -2.18. The number of urea groups is 1. The van der Waals surface area contributed by atoms with Gasteiger partial charge in [0.25, 0.3) is 5.91 Å². The molecule has 0 spiro atoms. The van der Waals surface area contributed by atoms with Gasteiger partial charge in [0.1, 0.15) is 18.0 Å². The molecule has 0 fully saturated rings. The minimum Gasteiger partial charge on any atom is -0.384 e. The number of rotatable bonds is 4. The second-order valence-electron chi connectivity index (χ2n) is 6.85. The van der Waals surface area contributed by atoms with E-state index in [9.17, 15) is 22.8 Å². The van der Waals surface area contributed by atoms with Crippen LogP contribution in [0.15, 0.2) is 54.9 Å². The molecule has 166 valence electrons. The lowest BCUT2D eigenvalue weighted by Crippen LogP contribution is -2.32. The molecule has 0 aliphatic rings. The maximum atomic E-state index is 12.9. The summed E-state index contributed by atoms with van der Waals surface area (Å²) in [5.74, 6) is -0.238. The third kappa shape index (κ3) is 5.31. The van der Waals surface area contributed by atoms with E-state index < -0.39 is 23.7 Å². The average molecular weight is 444 g/mol. The van der Waals surface area contributed by atoms with Crippen LogP contribution < -0.4 is 21.3 Å². The largest absolute Gasteiger partial charge is 0.416 e. The van der Waals surface area contributed by atoms with Crippen molar-refractivity contribution in [1.82, 2.24) is 9.97 Å². The SMILES string of the molecule is Cc1ccc(NC(=O)c2cccc(C(F)(F)F)c2)cc1NC(=O)N(C)c1cc(N)ncn1. The van der Waals surface area contributed by atoms with E-state index in [0.29, 0.717) is 16.9 Å². The van der Waals surface area contributed by atoms with Crippen molar-refractivity contribution in [2.24, 2.45) is 0 Å². The summed E-state index contributed by atoms with van der Waals surface area (Å²) in [6, 6.07) is 9.74. The van der Waals surface area contributed by atoms with Crippen LogP contribution in [0.2, 0.25) is 0 Å². The topological polar surface area (TPSA) is 113 Å². The number of aryl methyl sites for hydroxylation is 1. The second kappa shape index (κ2) is 8.92. The van der Waals surface area contributed by atoms with Crippen molar-refractivity contribution in [3.05, 3.63) is 71.5 Å². The summed E-state index contributed by atoms with van der Waals surface area (Å²) in [5, 5.41) is 5.23. The van der Waals surface area contributed by atoms with Crippen LogP contribution in [0.1, 0.15) is 21.5 Å². The van der Waals surface area contributed by atoms with Crippen molar-refractivity contribution in [2.75, 3.05) is 28.3 Å². The molecule has 0 radical (unpaired) electrons. The number of anilines is 4. The van der Waals surface area contributed by atoms with Crippen molar-refractivity contribution in [3.63, 3.8) is 0 Å². The number of halogens is 3. The van der Waals surface area contributed by atoms with E-state index >= 15 is 0 Å². The fourth-order valence-corrected chi connectivity index (χ4v) is 2.72. The van der Waals surface area contributed by atoms with Gasteiger partial charge in [0.05, 0.1) is 5.56 Å². The zero-order valence-electron chi connectivity index (χ0n) is 17.1. The fourth-order valence-electron chi connectivity index (χ4n) is 2.72. The third-order valence-electron chi connectivity index (χ3n) is 4.51. The van der Waals surface area contributed by atoms with Crippen molar-refractivity contribution in [3.8, 4) is 0 Å². The van der Waals surface area contributed by atoms with Crippen LogP contribution >= 0.6 is 0 Å². The molecule has 3 amide bonds. The van der Waals surface area contributed by atoms with E-state index in [4.69, 9.17) is 5.73 Å². The zero-order valence-corrected chi connectivity index (χ0v) is 17.1. The Morgan fingerprint density at radius 3 is 2.47 bits per heavy atom. The van der Waals surface area contributed by atoms with Gasteiger partial charge < -0.3 is 16.4 Å². The van der Waals surface area contributed by atoms with E-state index in [2.05, 4.69) is 20.6 Å². The average Bonchev–Trinajstić information content (AvgIpc) is 2.75. The quantitative estimate of drug-likeness (QED) is 0.555. The first-order chi connectivity index (χ1) is 15.0. The maximum absolute atomic E-state index is 12.9. The minimum absolute atomic E-state index is 0.146. The van der Waals surface area contributed by atoms with E-state index in [0.717, 1.165) is 18.2 Å². The first-order valence-corrected chi connectivity index (χ1v) is 9.26. The summed E-state index contributed by atoms with van der Waals surface area (Å²) in [6.07, 6.45) is -3.33. The maximum Gasteiger partial charge on any atom is 0.416 e. The van der Waals surface area contributed by atoms with E-state index in [1.165, 1.54) is 36.5 Å². The van der Waals surface area contributed by atoms with Crippen LogP contribution in [0, 0.1) is 6.92 Å². The van der Waals surface area contributed by atoms with Crippen LogP contribution in [-0.4, -0.2) is 29.0 Å². The highest BCUT2D eigenvalue weighted by atomic mass is 19.4. The minimum atomic E-state index is -4.56. The van der Waals surface area contributed by atoms with Crippen molar-refractivity contribution in [2.45, 2.75) is 13.1 Å². The number of nitrogens with two attached hydrogens (primary N) is 1. The van der Waals surface area contributed by atoms with E-state index in [1.54, 1.807) is 19.1 Å². The van der Waals surface area contributed by atoms with Gasteiger partial charge in [-0.25, -0.2) is 14.8 Å². The molecule has 0 unspecified atom stereocenters. The zero-order chi connectivity index (χ0) is 23.5. The number of carbonyl (C=O) groups is 2. The Morgan fingerprint density at radius 1 is 1.03 bits per heavy atom. The monoisotopic (exact) mass is 444 g/mol. The van der Waals surface area contributed by atoms with Gasteiger partial charge in [-0.3, -0.25) is 9.69 Å². The summed E-state index contributed by atoms with van der Waals surface area (Å²) < 4.78 is 38.7. The summed E-state index contributed by atoms with van der Waals surface area (Å²) in [6.45, 7) is 1.75. The highest BCUT2D eigenvalue weighted by Crippen LogP contribution is 2.30. The number of nitrogens with one attached hydrogen (secondary N) is 2. The van der Waals surface area contributed by atoms with Crippen LogP contribution in [-0.2, 0) is 6.18 Å². The summed E-state index contributed by atoms with van der Waals surface area (Å²) in [5.41, 5.74) is 5.93. The molecule has 0 saturated carbocycles. The highest BCUT2D eigenvalue weighted by Gasteiger charge is 2.30. The van der Waals surface area contributed by atoms with E-state index in [-0.39, 0.29) is 17.2 Å².